The molecule has 1 atom stereocenters. The molecule has 0 aliphatic heterocycles. The van der Waals surface area contributed by atoms with Crippen LogP contribution in [0.25, 0.3) is 0 Å². The molecule has 4 nitrogen and oxygen atoms in total. The predicted molar refractivity (Wildman–Crippen MR) is 53.6 cm³/mol. The molecular weight excluding hydrogens is 180 g/mol. The molecule has 0 aromatic heterocycles. The smallest absolute Gasteiger partial charge is 0.258 e. The largest absolute Gasteiger partial charge is 0.481 e. The lowest BCUT2D eigenvalue weighted by atomic mass is 10.2. The van der Waals surface area contributed by atoms with E-state index < -0.39 is 12.0 Å². The van der Waals surface area contributed by atoms with Gasteiger partial charge in [-0.05, 0) is 24.6 Å². The third-order valence-electron chi connectivity index (χ3n) is 1.87. The van der Waals surface area contributed by atoms with Crippen molar-refractivity contribution >= 4 is 5.91 Å². The van der Waals surface area contributed by atoms with Gasteiger partial charge in [0.25, 0.3) is 5.91 Å². The summed E-state index contributed by atoms with van der Waals surface area (Å²) in [6, 6.07) is 7.23. The van der Waals surface area contributed by atoms with Crippen LogP contribution in [0.2, 0.25) is 0 Å². The summed E-state index contributed by atoms with van der Waals surface area (Å²) in [5, 5.41) is 0. The minimum Gasteiger partial charge on any atom is -0.481 e. The molecule has 1 rings (SSSR count). The summed E-state index contributed by atoms with van der Waals surface area (Å²) in [5.74, 6) is 0.140. The average molecular weight is 194 g/mol. The highest BCUT2D eigenvalue weighted by Gasteiger charge is 2.09. The van der Waals surface area contributed by atoms with E-state index in [4.69, 9.17) is 16.2 Å². The molecule has 4 heteroatoms. The van der Waals surface area contributed by atoms with Crippen LogP contribution in [0.3, 0.4) is 0 Å². The lowest BCUT2D eigenvalue weighted by Crippen LogP contribution is -2.30. The lowest BCUT2D eigenvalue weighted by molar-refractivity contribution is -0.123. The van der Waals surface area contributed by atoms with Crippen molar-refractivity contribution in [2.75, 3.05) is 0 Å². The summed E-state index contributed by atoms with van der Waals surface area (Å²) in [6.45, 7) is 2.10. The molecule has 1 aromatic carbocycles. The first-order chi connectivity index (χ1) is 6.63. The normalized spacial score (nSPS) is 12.1. The first-order valence-corrected chi connectivity index (χ1v) is 4.38. The second kappa shape index (κ2) is 4.62. The maximum Gasteiger partial charge on any atom is 0.258 e. The highest BCUT2D eigenvalue weighted by molar-refractivity contribution is 5.78. The summed E-state index contributed by atoms with van der Waals surface area (Å²) in [6.07, 6.45) is -0.612. The SMILES string of the molecule is CC(Oc1ccc(CN)cc1)C(N)=O. The molecule has 0 aliphatic carbocycles. The number of carbonyl (C=O) groups is 1. The fourth-order valence-corrected chi connectivity index (χ4v) is 0.966. The van der Waals surface area contributed by atoms with Crippen LogP contribution >= 0.6 is 0 Å². The number of hydrogen-bond acceptors (Lipinski definition) is 3. The van der Waals surface area contributed by atoms with Crippen LogP contribution in [0.5, 0.6) is 5.75 Å². The molecular formula is C10H14N2O2. The van der Waals surface area contributed by atoms with Gasteiger partial charge in [-0.15, -0.1) is 0 Å². The number of carbonyl (C=O) groups excluding carboxylic acids is 1. The minimum absolute atomic E-state index is 0.479. The van der Waals surface area contributed by atoms with Gasteiger partial charge >= 0.3 is 0 Å². The van der Waals surface area contributed by atoms with E-state index in [1.165, 1.54) is 0 Å². The number of nitrogens with two attached hydrogens (primary N) is 2. The quantitative estimate of drug-likeness (QED) is 0.728. The van der Waals surface area contributed by atoms with Gasteiger partial charge in [-0.2, -0.15) is 0 Å². The maximum absolute atomic E-state index is 10.7. The van der Waals surface area contributed by atoms with E-state index >= 15 is 0 Å². The average Bonchev–Trinajstić information content (AvgIpc) is 2.19. The molecule has 0 heterocycles. The molecule has 0 saturated carbocycles. The Labute approximate surface area is 82.8 Å². The van der Waals surface area contributed by atoms with E-state index in [9.17, 15) is 4.79 Å². The van der Waals surface area contributed by atoms with Crippen molar-refractivity contribution in [3.8, 4) is 5.75 Å². The van der Waals surface area contributed by atoms with E-state index in [1.54, 1.807) is 19.1 Å². The Kier molecular flexibility index (Phi) is 3.48. The van der Waals surface area contributed by atoms with Gasteiger partial charge < -0.3 is 16.2 Å². The summed E-state index contributed by atoms with van der Waals surface area (Å²) in [4.78, 5) is 10.7. The van der Waals surface area contributed by atoms with Gasteiger partial charge in [0, 0.05) is 6.54 Å². The van der Waals surface area contributed by atoms with E-state index in [-0.39, 0.29) is 0 Å². The van der Waals surface area contributed by atoms with Crippen LogP contribution < -0.4 is 16.2 Å². The summed E-state index contributed by atoms with van der Waals surface area (Å²) < 4.78 is 5.26. The first kappa shape index (κ1) is 10.5. The van der Waals surface area contributed by atoms with Gasteiger partial charge in [0.1, 0.15) is 5.75 Å². The van der Waals surface area contributed by atoms with Crippen LogP contribution in [0.1, 0.15) is 12.5 Å². The zero-order valence-electron chi connectivity index (χ0n) is 8.07. The Morgan fingerprint density at radius 3 is 2.43 bits per heavy atom. The molecule has 1 unspecified atom stereocenters. The Bertz CT molecular complexity index is 308. The van der Waals surface area contributed by atoms with Crippen molar-refractivity contribution in [3.63, 3.8) is 0 Å². The molecule has 1 amide bonds. The number of primary amides is 1. The van der Waals surface area contributed by atoms with Crippen LogP contribution in [-0.2, 0) is 11.3 Å². The Hall–Kier alpha value is -1.55. The molecule has 0 spiro atoms. The molecule has 0 radical (unpaired) electrons. The van der Waals surface area contributed by atoms with Gasteiger partial charge in [0.15, 0.2) is 6.10 Å². The molecule has 0 fully saturated rings. The molecule has 14 heavy (non-hydrogen) atoms. The van der Waals surface area contributed by atoms with E-state index in [2.05, 4.69) is 0 Å². The third kappa shape index (κ3) is 2.74. The number of ether oxygens (including phenoxy) is 1. The van der Waals surface area contributed by atoms with Gasteiger partial charge in [-0.1, -0.05) is 12.1 Å². The Balaban J connectivity index is 2.64. The molecule has 1 aromatic rings. The summed E-state index contributed by atoms with van der Waals surface area (Å²) in [5.41, 5.74) is 11.5. The van der Waals surface area contributed by atoms with E-state index in [0.717, 1.165) is 5.56 Å². The van der Waals surface area contributed by atoms with Crippen molar-refractivity contribution in [3.05, 3.63) is 29.8 Å². The lowest BCUT2D eigenvalue weighted by Gasteiger charge is -2.11. The molecule has 0 bridgehead atoms. The van der Waals surface area contributed by atoms with E-state index in [1.807, 2.05) is 12.1 Å². The molecule has 0 saturated heterocycles. The highest BCUT2D eigenvalue weighted by atomic mass is 16.5. The third-order valence-corrected chi connectivity index (χ3v) is 1.87. The van der Waals surface area contributed by atoms with Crippen molar-refractivity contribution in [1.82, 2.24) is 0 Å². The van der Waals surface area contributed by atoms with Gasteiger partial charge in [-0.3, -0.25) is 4.79 Å². The van der Waals surface area contributed by atoms with Crippen LogP contribution in [0.4, 0.5) is 0 Å². The zero-order chi connectivity index (χ0) is 10.6. The van der Waals surface area contributed by atoms with Crippen molar-refractivity contribution in [2.24, 2.45) is 11.5 Å². The van der Waals surface area contributed by atoms with Gasteiger partial charge in [0.2, 0.25) is 0 Å². The number of amides is 1. The number of hydrogen-bond donors (Lipinski definition) is 2. The molecule has 76 valence electrons. The molecule has 4 N–H and O–H groups in total. The van der Waals surface area contributed by atoms with E-state index in [0.29, 0.717) is 12.3 Å². The van der Waals surface area contributed by atoms with Crippen molar-refractivity contribution in [2.45, 2.75) is 19.6 Å². The fraction of sp³-hybridized carbons (Fsp3) is 0.300. The van der Waals surface area contributed by atoms with Crippen LogP contribution in [0.15, 0.2) is 24.3 Å². The number of rotatable bonds is 4. The van der Waals surface area contributed by atoms with Crippen LogP contribution in [0, 0.1) is 0 Å². The maximum atomic E-state index is 10.7. The fourth-order valence-electron chi connectivity index (χ4n) is 0.966. The Morgan fingerprint density at radius 2 is 2.00 bits per heavy atom. The monoisotopic (exact) mass is 194 g/mol. The molecule has 0 aliphatic rings. The highest BCUT2D eigenvalue weighted by Crippen LogP contribution is 2.13. The first-order valence-electron chi connectivity index (χ1n) is 4.38. The summed E-state index contributed by atoms with van der Waals surface area (Å²) >= 11 is 0. The van der Waals surface area contributed by atoms with Crippen molar-refractivity contribution in [1.29, 1.82) is 0 Å². The van der Waals surface area contributed by atoms with Crippen molar-refractivity contribution < 1.29 is 9.53 Å². The second-order valence-electron chi connectivity index (χ2n) is 3.01. The van der Waals surface area contributed by atoms with Gasteiger partial charge in [0.05, 0.1) is 0 Å². The summed E-state index contributed by atoms with van der Waals surface area (Å²) in [7, 11) is 0. The standard InChI is InChI=1S/C10H14N2O2/c1-7(10(12)13)14-9-4-2-8(6-11)3-5-9/h2-5,7H,6,11H2,1H3,(H2,12,13). The zero-order valence-corrected chi connectivity index (χ0v) is 8.07. The van der Waals surface area contributed by atoms with Crippen LogP contribution in [-0.4, -0.2) is 12.0 Å². The predicted octanol–water partition coefficient (Wildman–Crippen LogP) is 0.398. The second-order valence-corrected chi connectivity index (χ2v) is 3.01. The number of benzene rings is 1. The minimum atomic E-state index is -0.612. The topological polar surface area (TPSA) is 78.3 Å². The van der Waals surface area contributed by atoms with Gasteiger partial charge in [-0.25, -0.2) is 0 Å². The Morgan fingerprint density at radius 1 is 1.43 bits per heavy atom.